The molecule has 76 valence electrons. The van der Waals surface area contributed by atoms with Crippen LogP contribution in [0.15, 0.2) is 0 Å². The summed E-state index contributed by atoms with van der Waals surface area (Å²) in [6, 6.07) is 0.275. The summed E-state index contributed by atoms with van der Waals surface area (Å²) in [6.45, 7) is 1.92. The predicted octanol–water partition coefficient (Wildman–Crippen LogP) is -0.767. The molecule has 2 N–H and O–H groups in total. The van der Waals surface area contributed by atoms with Gasteiger partial charge in [0.2, 0.25) is 5.91 Å². The molecule has 1 heterocycles. The summed E-state index contributed by atoms with van der Waals surface area (Å²) in [7, 11) is -1.03. The number of piperidine rings is 1. The van der Waals surface area contributed by atoms with Crippen LogP contribution in [0.4, 0.5) is 0 Å². The number of hydrogen-bond donors (Lipinski definition) is 2. The van der Waals surface area contributed by atoms with E-state index in [1.807, 2.05) is 0 Å². The maximum absolute atomic E-state index is 11.2. The number of amides is 1. The van der Waals surface area contributed by atoms with Gasteiger partial charge in [-0.3, -0.25) is 9.00 Å². The van der Waals surface area contributed by atoms with Gasteiger partial charge in [-0.15, -0.1) is 0 Å². The first-order chi connectivity index (χ1) is 6.18. The Hall–Kier alpha value is -0.420. The van der Waals surface area contributed by atoms with Gasteiger partial charge in [0, 0.05) is 23.1 Å². The molecular weight excluding hydrogens is 188 g/mol. The molecule has 5 heteroatoms. The Bertz CT molecular complexity index is 202. The second-order valence-electron chi connectivity index (χ2n) is 3.31. The Labute approximate surface area is 80.9 Å². The van der Waals surface area contributed by atoms with E-state index in [9.17, 15) is 9.00 Å². The number of carbonyl (C=O) groups is 1. The van der Waals surface area contributed by atoms with E-state index in [0.29, 0.717) is 0 Å². The number of hydrogen-bond acceptors (Lipinski definition) is 3. The van der Waals surface area contributed by atoms with Crippen LogP contribution in [0.1, 0.15) is 12.8 Å². The van der Waals surface area contributed by atoms with Crippen molar-refractivity contribution in [1.29, 1.82) is 0 Å². The molecule has 1 aliphatic heterocycles. The first kappa shape index (κ1) is 10.7. The highest BCUT2D eigenvalue weighted by Gasteiger charge is 2.15. The van der Waals surface area contributed by atoms with Crippen molar-refractivity contribution in [3.63, 3.8) is 0 Å². The van der Waals surface area contributed by atoms with E-state index >= 15 is 0 Å². The third-order valence-electron chi connectivity index (χ3n) is 2.04. The quantitative estimate of drug-likeness (QED) is 0.635. The second-order valence-corrected chi connectivity index (χ2v) is 4.74. The van der Waals surface area contributed by atoms with Crippen LogP contribution in [-0.2, 0) is 15.6 Å². The average Bonchev–Trinajstić information content (AvgIpc) is 2.04. The largest absolute Gasteiger partial charge is 0.352 e. The van der Waals surface area contributed by atoms with Gasteiger partial charge in [0.25, 0.3) is 0 Å². The van der Waals surface area contributed by atoms with Crippen molar-refractivity contribution in [2.45, 2.75) is 18.9 Å². The lowest BCUT2D eigenvalue weighted by Gasteiger charge is -2.23. The van der Waals surface area contributed by atoms with E-state index in [4.69, 9.17) is 0 Å². The van der Waals surface area contributed by atoms with Crippen molar-refractivity contribution in [3.8, 4) is 0 Å². The summed E-state index contributed by atoms with van der Waals surface area (Å²) in [5.74, 6) is 0.0388. The van der Waals surface area contributed by atoms with Gasteiger partial charge in [-0.25, -0.2) is 0 Å². The molecule has 1 fully saturated rings. The highest BCUT2D eigenvalue weighted by Crippen LogP contribution is 2.01. The first-order valence-electron chi connectivity index (χ1n) is 4.48. The van der Waals surface area contributed by atoms with Gasteiger partial charge in [0.05, 0.1) is 0 Å². The topological polar surface area (TPSA) is 58.2 Å². The van der Waals surface area contributed by atoms with Crippen LogP contribution < -0.4 is 10.6 Å². The first-order valence-corrected chi connectivity index (χ1v) is 6.21. The van der Waals surface area contributed by atoms with Crippen molar-refractivity contribution in [2.75, 3.05) is 25.1 Å². The minimum atomic E-state index is -1.03. The van der Waals surface area contributed by atoms with Crippen molar-refractivity contribution in [1.82, 2.24) is 10.6 Å². The minimum Gasteiger partial charge on any atom is -0.352 e. The van der Waals surface area contributed by atoms with Crippen molar-refractivity contribution in [2.24, 2.45) is 0 Å². The highest BCUT2D eigenvalue weighted by atomic mass is 32.2. The zero-order chi connectivity index (χ0) is 9.68. The normalized spacial score (nSPS) is 21.0. The zero-order valence-electron chi connectivity index (χ0n) is 7.84. The molecule has 0 radical (unpaired) electrons. The monoisotopic (exact) mass is 204 g/mol. The van der Waals surface area contributed by atoms with Gasteiger partial charge in [-0.05, 0) is 25.9 Å². The lowest BCUT2D eigenvalue weighted by molar-refractivity contribution is -0.119. The summed E-state index contributed by atoms with van der Waals surface area (Å²) in [4.78, 5) is 11.2. The molecule has 13 heavy (non-hydrogen) atoms. The van der Waals surface area contributed by atoms with Crippen molar-refractivity contribution < 1.29 is 9.00 Å². The molecule has 1 saturated heterocycles. The Morgan fingerprint density at radius 2 is 2.15 bits per heavy atom. The summed E-state index contributed by atoms with van der Waals surface area (Å²) in [5.41, 5.74) is 0. The molecule has 4 nitrogen and oxygen atoms in total. The fraction of sp³-hybridized carbons (Fsp3) is 0.875. The Morgan fingerprint density at radius 1 is 1.54 bits per heavy atom. The van der Waals surface area contributed by atoms with Crippen LogP contribution >= 0.6 is 0 Å². The molecule has 0 saturated carbocycles. The molecule has 0 bridgehead atoms. The fourth-order valence-electron chi connectivity index (χ4n) is 1.42. The third kappa shape index (κ3) is 4.38. The minimum absolute atomic E-state index is 0.0901. The smallest absolute Gasteiger partial charge is 0.232 e. The van der Waals surface area contributed by atoms with Crippen LogP contribution in [0.2, 0.25) is 0 Å². The maximum Gasteiger partial charge on any atom is 0.232 e. The molecule has 1 amide bonds. The lowest BCUT2D eigenvalue weighted by atomic mass is 10.1. The zero-order valence-corrected chi connectivity index (χ0v) is 8.65. The molecule has 0 aromatic carbocycles. The van der Waals surface area contributed by atoms with Crippen LogP contribution in [0, 0.1) is 0 Å². The van der Waals surface area contributed by atoms with Crippen LogP contribution in [0.3, 0.4) is 0 Å². The van der Waals surface area contributed by atoms with Gasteiger partial charge < -0.3 is 10.6 Å². The van der Waals surface area contributed by atoms with Crippen LogP contribution in [-0.4, -0.2) is 41.3 Å². The second kappa shape index (κ2) is 5.34. The van der Waals surface area contributed by atoms with E-state index in [1.165, 1.54) is 0 Å². The Kier molecular flexibility index (Phi) is 4.38. The van der Waals surface area contributed by atoms with E-state index in [1.54, 1.807) is 6.26 Å². The molecule has 0 aromatic heterocycles. The molecule has 1 unspecified atom stereocenters. The summed E-state index contributed by atoms with van der Waals surface area (Å²) < 4.78 is 10.7. The highest BCUT2D eigenvalue weighted by molar-refractivity contribution is 7.85. The number of rotatable bonds is 3. The average molecular weight is 204 g/mol. The molecule has 1 aliphatic rings. The van der Waals surface area contributed by atoms with Crippen LogP contribution in [0.5, 0.6) is 0 Å². The van der Waals surface area contributed by atoms with Gasteiger partial charge in [0.1, 0.15) is 5.75 Å². The van der Waals surface area contributed by atoms with Gasteiger partial charge >= 0.3 is 0 Å². The third-order valence-corrected chi connectivity index (χ3v) is 2.71. The fourth-order valence-corrected chi connectivity index (χ4v) is 1.87. The molecular formula is C8H16N2O2S. The molecule has 0 spiro atoms. The maximum atomic E-state index is 11.2. The van der Waals surface area contributed by atoms with Crippen molar-refractivity contribution in [3.05, 3.63) is 0 Å². The summed E-state index contributed by atoms with van der Waals surface area (Å²) >= 11 is 0. The Balaban J connectivity index is 2.22. The Morgan fingerprint density at radius 3 is 2.69 bits per heavy atom. The van der Waals surface area contributed by atoms with E-state index in [-0.39, 0.29) is 17.7 Å². The van der Waals surface area contributed by atoms with Crippen LogP contribution in [0.25, 0.3) is 0 Å². The summed E-state index contributed by atoms with van der Waals surface area (Å²) in [5, 5.41) is 6.10. The molecule has 1 atom stereocenters. The lowest BCUT2D eigenvalue weighted by Crippen LogP contribution is -2.44. The number of carbonyl (C=O) groups excluding carboxylic acids is 1. The molecule has 0 aromatic rings. The molecule has 0 aliphatic carbocycles. The van der Waals surface area contributed by atoms with Crippen molar-refractivity contribution >= 4 is 16.7 Å². The van der Waals surface area contributed by atoms with E-state index < -0.39 is 10.8 Å². The summed E-state index contributed by atoms with van der Waals surface area (Å²) in [6.07, 6.45) is 3.49. The van der Waals surface area contributed by atoms with Gasteiger partial charge in [0.15, 0.2) is 0 Å². The number of nitrogens with one attached hydrogen (secondary N) is 2. The predicted molar refractivity (Wildman–Crippen MR) is 53.0 cm³/mol. The van der Waals surface area contributed by atoms with Gasteiger partial charge in [-0.2, -0.15) is 0 Å². The van der Waals surface area contributed by atoms with E-state index in [2.05, 4.69) is 10.6 Å². The van der Waals surface area contributed by atoms with Gasteiger partial charge in [-0.1, -0.05) is 0 Å². The van der Waals surface area contributed by atoms with E-state index in [0.717, 1.165) is 25.9 Å². The SMILES string of the molecule is CS(=O)CC(=O)NC1CCNCC1. The molecule has 1 rings (SSSR count). The standard InChI is InChI=1S/C8H16N2O2S/c1-13(12)6-8(11)10-7-2-4-9-5-3-7/h7,9H,2-6H2,1H3,(H,10,11).